The molecule has 0 unspecified atom stereocenters. The van der Waals surface area contributed by atoms with Crippen molar-refractivity contribution >= 4 is 28.6 Å². The number of nitrogens with zero attached hydrogens (tertiary/aromatic N) is 4. The maximum absolute atomic E-state index is 13.3. The molecule has 0 atom stereocenters. The second-order valence-electron chi connectivity index (χ2n) is 9.04. The molecule has 2 aliphatic carbocycles. The number of hydrogen-bond donors (Lipinski definition) is 1. The van der Waals surface area contributed by atoms with E-state index in [1.165, 1.54) is 11.8 Å². The molecule has 8 heteroatoms. The van der Waals surface area contributed by atoms with Crippen LogP contribution < -0.4 is 4.74 Å². The summed E-state index contributed by atoms with van der Waals surface area (Å²) in [7, 11) is 1.66. The van der Waals surface area contributed by atoms with E-state index in [1.807, 2.05) is 47.5 Å². The van der Waals surface area contributed by atoms with Gasteiger partial charge < -0.3 is 14.6 Å². The highest BCUT2D eigenvalue weighted by atomic mass is 32.2. The molecule has 7 nitrogen and oxygen atoms in total. The highest BCUT2D eigenvalue weighted by Crippen LogP contribution is 2.42. The van der Waals surface area contributed by atoms with Gasteiger partial charge in [0.25, 0.3) is 0 Å². The Morgan fingerprint density at radius 3 is 2.65 bits per heavy atom. The summed E-state index contributed by atoms with van der Waals surface area (Å²) >= 11 is 1.51. The van der Waals surface area contributed by atoms with Gasteiger partial charge in [-0.15, -0.1) is 10.2 Å². The predicted molar refractivity (Wildman–Crippen MR) is 133 cm³/mol. The first-order chi connectivity index (χ1) is 16.7. The molecule has 2 aromatic heterocycles. The van der Waals surface area contributed by atoms with Crippen LogP contribution >= 0.6 is 11.8 Å². The Morgan fingerprint density at radius 1 is 1.12 bits per heavy atom. The molecule has 0 bridgehead atoms. The van der Waals surface area contributed by atoms with E-state index < -0.39 is 0 Å². The Labute approximate surface area is 202 Å². The third-order valence-corrected chi connectivity index (χ3v) is 7.48. The number of para-hydroxylation sites is 1. The molecule has 34 heavy (non-hydrogen) atoms. The summed E-state index contributed by atoms with van der Waals surface area (Å²) in [6, 6.07) is 17.0. The smallest absolute Gasteiger partial charge is 0.233 e. The first-order valence-electron chi connectivity index (χ1n) is 11.8. The molecule has 2 aliphatic rings. The van der Waals surface area contributed by atoms with Gasteiger partial charge in [-0.05, 0) is 49.4 Å². The lowest BCUT2D eigenvalue weighted by Gasteiger charge is -2.22. The number of thioether (sulfide) groups is 1. The zero-order valence-electron chi connectivity index (χ0n) is 19.1. The SMILES string of the molecule is COc1ccc(CN(C(=O)CSc2nnc(-c3c[nH]c4ccccc34)n2C2CC2)C2CC2)cc1. The first-order valence-corrected chi connectivity index (χ1v) is 12.8. The van der Waals surface area contributed by atoms with Crippen LogP contribution in [0.15, 0.2) is 59.9 Å². The van der Waals surface area contributed by atoms with Gasteiger partial charge in [0, 0.05) is 41.3 Å². The average molecular weight is 474 g/mol. The lowest BCUT2D eigenvalue weighted by Crippen LogP contribution is -2.34. The summed E-state index contributed by atoms with van der Waals surface area (Å²) in [5.74, 6) is 2.23. The van der Waals surface area contributed by atoms with E-state index in [4.69, 9.17) is 4.74 Å². The van der Waals surface area contributed by atoms with Crippen LogP contribution in [-0.2, 0) is 11.3 Å². The number of rotatable bonds is 9. The third kappa shape index (κ3) is 4.18. The molecule has 4 aromatic rings. The molecule has 1 N–H and O–H groups in total. The van der Waals surface area contributed by atoms with Crippen molar-refractivity contribution in [2.24, 2.45) is 0 Å². The molecule has 174 valence electrons. The molecule has 1 amide bonds. The molecule has 6 rings (SSSR count). The van der Waals surface area contributed by atoms with Crippen LogP contribution in [0.1, 0.15) is 37.3 Å². The Bertz CT molecular complexity index is 1320. The Hall–Kier alpha value is -3.26. The molecule has 2 fully saturated rings. The van der Waals surface area contributed by atoms with Crippen molar-refractivity contribution in [3.8, 4) is 17.1 Å². The van der Waals surface area contributed by atoms with Gasteiger partial charge in [0.1, 0.15) is 5.75 Å². The van der Waals surface area contributed by atoms with Crippen LogP contribution in [0.5, 0.6) is 5.75 Å². The van der Waals surface area contributed by atoms with Gasteiger partial charge in [0.05, 0.1) is 12.9 Å². The number of carbonyl (C=O) groups excluding carboxylic acids is 1. The van der Waals surface area contributed by atoms with Crippen molar-refractivity contribution in [3.05, 3.63) is 60.3 Å². The van der Waals surface area contributed by atoms with Crippen molar-refractivity contribution in [3.63, 3.8) is 0 Å². The summed E-state index contributed by atoms with van der Waals surface area (Å²) in [4.78, 5) is 18.6. The first kappa shape index (κ1) is 21.3. The van der Waals surface area contributed by atoms with Crippen molar-refractivity contribution < 1.29 is 9.53 Å². The van der Waals surface area contributed by atoms with Gasteiger partial charge in [-0.25, -0.2) is 0 Å². The predicted octanol–water partition coefficient (Wildman–Crippen LogP) is 5.05. The fraction of sp³-hybridized carbons (Fsp3) is 0.346. The van der Waals surface area contributed by atoms with Crippen molar-refractivity contribution in [1.29, 1.82) is 0 Å². The minimum atomic E-state index is 0.155. The largest absolute Gasteiger partial charge is 0.497 e. The summed E-state index contributed by atoms with van der Waals surface area (Å²) in [6.45, 7) is 0.629. The maximum atomic E-state index is 13.3. The quantitative estimate of drug-likeness (QED) is 0.344. The van der Waals surface area contributed by atoms with Gasteiger partial charge in [-0.3, -0.25) is 9.36 Å². The van der Waals surface area contributed by atoms with Crippen LogP contribution in [0.2, 0.25) is 0 Å². The van der Waals surface area contributed by atoms with Gasteiger partial charge in [0.2, 0.25) is 5.91 Å². The van der Waals surface area contributed by atoms with E-state index in [-0.39, 0.29) is 5.91 Å². The van der Waals surface area contributed by atoms with Crippen molar-refractivity contribution in [2.45, 2.75) is 49.5 Å². The summed E-state index contributed by atoms with van der Waals surface area (Å²) in [6.07, 6.45) is 6.42. The highest BCUT2D eigenvalue weighted by Gasteiger charge is 2.34. The topological polar surface area (TPSA) is 76.0 Å². The van der Waals surface area contributed by atoms with Crippen LogP contribution in [0, 0.1) is 0 Å². The molecule has 0 saturated heterocycles. The monoisotopic (exact) mass is 473 g/mol. The zero-order valence-corrected chi connectivity index (χ0v) is 19.9. The van der Waals surface area contributed by atoms with Crippen LogP contribution in [0.4, 0.5) is 0 Å². The molecule has 0 spiro atoms. The number of carbonyl (C=O) groups is 1. The van der Waals surface area contributed by atoms with Crippen molar-refractivity contribution in [1.82, 2.24) is 24.6 Å². The van der Waals surface area contributed by atoms with E-state index in [1.54, 1.807) is 7.11 Å². The fourth-order valence-corrected chi connectivity index (χ4v) is 5.31. The second-order valence-corrected chi connectivity index (χ2v) is 9.99. The van der Waals surface area contributed by atoms with Gasteiger partial charge in [-0.2, -0.15) is 0 Å². The number of benzene rings is 2. The number of fused-ring (bicyclic) bond motifs is 1. The van der Waals surface area contributed by atoms with Gasteiger partial charge in [-0.1, -0.05) is 42.1 Å². The Morgan fingerprint density at radius 2 is 1.91 bits per heavy atom. The molecule has 2 aromatic carbocycles. The van der Waals surface area contributed by atoms with Gasteiger partial charge in [0.15, 0.2) is 11.0 Å². The third-order valence-electron chi connectivity index (χ3n) is 6.55. The van der Waals surface area contributed by atoms with Crippen LogP contribution in [0.25, 0.3) is 22.3 Å². The Kier molecular flexibility index (Phi) is 5.53. The van der Waals surface area contributed by atoms with Crippen molar-refractivity contribution in [2.75, 3.05) is 12.9 Å². The number of aromatic nitrogens is 4. The number of ether oxygens (including phenoxy) is 1. The molecule has 0 aliphatic heterocycles. The average Bonchev–Trinajstić information content (AvgIpc) is 3.81. The fourth-order valence-electron chi connectivity index (χ4n) is 4.42. The van der Waals surface area contributed by atoms with E-state index in [0.29, 0.717) is 24.4 Å². The van der Waals surface area contributed by atoms with E-state index in [0.717, 1.165) is 64.4 Å². The summed E-state index contributed by atoms with van der Waals surface area (Å²) < 4.78 is 7.49. The van der Waals surface area contributed by atoms with Crippen LogP contribution in [0.3, 0.4) is 0 Å². The lowest BCUT2D eigenvalue weighted by atomic mass is 10.1. The zero-order chi connectivity index (χ0) is 23.1. The van der Waals surface area contributed by atoms with Crippen LogP contribution in [-0.4, -0.2) is 49.5 Å². The molecule has 2 saturated carbocycles. The summed E-state index contributed by atoms with van der Waals surface area (Å²) in [5, 5.41) is 11.0. The number of methoxy groups -OCH3 is 1. The molecular weight excluding hydrogens is 446 g/mol. The maximum Gasteiger partial charge on any atom is 0.233 e. The molecule has 0 radical (unpaired) electrons. The number of amides is 1. The molecular formula is C26H27N5O2S. The standard InChI is InChI=1S/C26H27N5O2S/c1-33-20-12-6-17(7-13-20)15-30(18-8-9-18)24(32)16-34-26-29-28-25(31(26)19-10-11-19)22-14-27-23-5-3-2-4-21(22)23/h2-7,12-14,18-19,27H,8-11,15-16H2,1H3. The Balaban J connectivity index is 1.20. The second kappa shape index (κ2) is 8.83. The van der Waals surface area contributed by atoms with E-state index >= 15 is 0 Å². The number of aromatic amines is 1. The lowest BCUT2D eigenvalue weighted by molar-refractivity contribution is -0.129. The number of nitrogens with one attached hydrogen (secondary N) is 1. The van der Waals surface area contributed by atoms with E-state index in [2.05, 4.69) is 31.9 Å². The number of H-pyrrole nitrogens is 1. The minimum Gasteiger partial charge on any atom is -0.497 e. The van der Waals surface area contributed by atoms with E-state index in [9.17, 15) is 4.79 Å². The highest BCUT2D eigenvalue weighted by molar-refractivity contribution is 7.99. The number of hydrogen-bond acceptors (Lipinski definition) is 5. The molecule has 2 heterocycles. The minimum absolute atomic E-state index is 0.155. The normalized spacial score (nSPS) is 15.6. The van der Waals surface area contributed by atoms with Gasteiger partial charge >= 0.3 is 0 Å². The summed E-state index contributed by atoms with van der Waals surface area (Å²) in [5.41, 5.74) is 3.27.